The van der Waals surface area contributed by atoms with E-state index in [1.165, 1.54) is 0 Å². The second-order valence-electron chi connectivity index (χ2n) is 7.16. The molecule has 31 heavy (non-hydrogen) atoms. The van der Waals surface area contributed by atoms with Crippen LogP contribution in [0.4, 0.5) is 0 Å². The lowest BCUT2D eigenvalue weighted by atomic mass is 9.91. The highest BCUT2D eigenvalue weighted by Gasteiger charge is 2.25. The summed E-state index contributed by atoms with van der Waals surface area (Å²) in [6.07, 6.45) is -0.309. The Bertz CT molecular complexity index is 983. The molecule has 1 heterocycles. The van der Waals surface area contributed by atoms with Crippen molar-refractivity contribution in [2.45, 2.75) is 12.0 Å². The number of carbonyl (C=O) groups is 2. The van der Waals surface area contributed by atoms with Gasteiger partial charge in [-0.1, -0.05) is 72.8 Å². The monoisotopic (exact) mass is 417 g/mol. The molecule has 0 saturated carbocycles. The zero-order chi connectivity index (χ0) is 21.5. The van der Waals surface area contributed by atoms with Crippen LogP contribution in [0.5, 0.6) is 11.5 Å². The predicted octanol–water partition coefficient (Wildman–Crippen LogP) is 3.32. The number of hydrogen-bond acceptors (Lipinski definition) is 5. The lowest BCUT2D eigenvalue weighted by Gasteiger charge is -2.26. The highest BCUT2D eigenvalue weighted by atomic mass is 16.6. The molecule has 3 aromatic rings. The van der Waals surface area contributed by atoms with Crippen molar-refractivity contribution in [3.63, 3.8) is 0 Å². The van der Waals surface area contributed by atoms with Gasteiger partial charge in [-0.3, -0.25) is 9.59 Å². The lowest BCUT2D eigenvalue weighted by molar-refractivity contribution is -0.149. The van der Waals surface area contributed by atoms with E-state index < -0.39 is 17.8 Å². The van der Waals surface area contributed by atoms with Gasteiger partial charge < -0.3 is 19.5 Å². The SMILES string of the molecule is O=C(COC(=O)C(c1ccccc1)c1ccccc1)NC[C@@H]1COc2ccccc2O1. The van der Waals surface area contributed by atoms with Gasteiger partial charge in [0, 0.05) is 0 Å². The van der Waals surface area contributed by atoms with Crippen LogP contribution in [0.3, 0.4) is 0 Å². The predicted molar refractivity (Wildman–Crippen MR) is 115 cm³/mol. The second kappa shape index (κ2) is 9.80. The summed E-state index contributed by atoms with van der Waals surface area (Å²) in [5.41, 5.74) is 1.62. The fourth-order valence-electron chi connectivity index (χ4n) is 3.42. The summed E-state index contributed by atoms with van der Waals surface area (Å²) in [4.78, 5) is 25.1. The fraction of sp³-hybridized carbons (Fsp3) is 0.200. The first-order valence-corrected chi connectivity index (χ1v) is 10.1. The summed E-state index contributed by atoms with van der Waals surface area (Å²) in [5.74, 6) is -0.129. The smallest absolute Gasteiger partial charge is 0.318 e. The molecular formula is C25H23NO5. The zero-order valence-electron chi connectivity index (χ0n) is 16.9. The van der Waals surface area contributed by atoms with Crippen LogP contribution in [0.2, 0.25) is 0 Å². The van der Waals surface area contributed by atoms with Crippen molar-refractivity contribution >= 4 is 11.9 Å². The van der Waals surface area contributed by atoms with Crippen molar-refractivity contribution in [2.24, 2.45) is 0 Å². The summed E-state index contributed by atoms with van der Waals surface area (Å²) < 4.78 is 16.8. The van der Waals surface area contributed by atoms with E-state index in [9.17, 15) is 9.59 Å². The van der Waals surface area contributed by atoms with Gasteiger partial charge in [0.2, 0.25) is 0 Å². The van der Waals surface area contributed by atoms with E-state index in [0.717, 1.165) is 11.1 Å². The lowest BCUT2D eigenvalue weighted by Crippen LogP contribution is -2.42. The Balaban J connectivity index is 1.31. The van der Waals surface area contributed by atoms with Crippen molar-refractivity contribution in [3.8, 4) is 11.5 Å². The fourth-order valence-corrected chi connectivity index (χ4v) is 3.42. The molecule has 6 heteroatoms. The highest BCUT2D eigenvalue weighted by Crippen LogP contribution is 2.30. The minimum atomic E-state index is -0.596. The number of ether oxygens (including phenoxy) is 3. The average Bonchev–Trinajstić information content (AvgIpc) is 2.83. The molecule has 0 bridgehead atoms. The van der Waals surface area contributed by atoms with Gasteiger partial charge in [-0.25, -0.2) is 0 Å². The third kappa shape index (κ3) is 5.22. The number of hydrogen-bond donors (Lipinski definition) is 1. The number of rotatable bonds is 7. The maximum atomic E-state index is 12.8. The Morgan fingerprint density at radius 2 is 1.45 bits per heavy atom. The molecule has 158 valence electrons. The van der Waals surface area contributed by atoms with E-state index >= 15 is 0 Å². The third-order valence-corrected chi connectivity index (χ3v) is 4.94. The minimum absolute atomic E-state index is 0.255. The van der Waals surface area contributed by atoms with Gasteiger partial charge in [0.15, 0.2) is 18.1 Å². The Hall–Kier alpha value is -3.80. The van der Waals surface area contributed by atoms with Crippen LogP contribution >= 0.6 is 0 Å². The molecular weight excluding hydrogens is 394 g/mol. The first kappa shape index (κ1) is 20.5. The molecule has 0 saturated heterocycles. The molecule has 3 aromatic carbocycles. The number of para-hydroxylation sites is 2. The van der Waals surface area contributed by atoms with Crippen molar-refractivity contribution < 1.29 is 23.8 Å². The van der Waals surface area contributed by atoms with Gasteiger partial charge in [-0.05, 0) is 23.3 Å². The Morgan fingerprint density at radius 3 is 2.10 bits per heavy atom. The highest BCUT2D eigenvalue weighted by molar-refractivity contribution is 5.85. The second-order valence-corrected chi connectivity index (χ2v) is 7.16. The maximum absolute atomic E-state index is 12.8. The van der Waals surface area contributed by atoms with E-state index in [-0.39, 0.29) is 19.3 Å². The molecule has 0 fully saturated rings. The largest absolute Gasteiger partial charge is 0.486 e. The van der Waals surface area contributed by atoms with E-state index in [4.69, 9.17) is 14.2 Å². The van der Waals surface area contributed by atoms with Crippen LogP contribution < -0.4 is 14.8 Å². The van der Waals surface area contributed by atoms with Crippen molar-refractivity contribution in [1.29, 1.82) is 0 Å². The molecule has 4 rings (SSSR count). The van der Waals surface area contributed by atoms with E-state index in [1.807, 2.05) is 84.9 Å². The standard InChI is InChI=1S/C25H23NO5/c27-23(26-15-20-16-29-21-13-7-8-14-22(21)31-20)17-30-25(28)24(18-9-3-1-4-10-18)19-11-5-2-6-12-19/h1-14,20,24H,15-17H2,(H,26,27)/t20-/m1/s1. The van der Waals surface area contributed by atoms with Crippen LogP contribution in [0.15, 0.2) is 84.9 Å². The Labute approximate surface area is 180 Å². The van der Waals surface area contributed by atoms with E-state index in [2.05, 4.69) is 5.32 Å². The van der Waals surface area contributed by atoms with Gasteiger partial charge >= 0.3 is 5.97 Å². The first-order chi connectivity index (χ1) is 15.2. The molecule has 0 spiro atoms. The number of esters is 1. The summed E-state index contributed by atoms with van der Waals surface area (Å²) in [5, 5.41) is 2.74. The normalized spacial score (nSPS) is 14.7. The van der Waals surface area contributed by atoms with E-state index in [0.29, 0.717) is 18.1 Å². The molecule has 1 N–H and O–H groups in total. The zero-order valence-corrected chi connectivity index (χ0v) is 16.9. The van der Waals surface area contributed by atoms with Crippen LogP contribution in [-0.4, -0.2) is 37.7 Å². The summed E-state index contributed by atoms with van der Waals surface area (Å²) in [6.45, 7) is 0.228. The van der Waals surface area contributed by atoms with E-state index in [1.54, 1.807) is 0 Å². The molecule has 1 amide bonds. The summed E-state index contributed by atoms with van der Waals surface area (Å²) in [6, 6.07) is 26.1. The average molecular weight is 417 g/mol. The first-order valence-electron chi connectivity index (χ1n) is 10.1. The van der Waals surface area contributed by atoms with Gasteiger partial charge in [-0.15, -0.1) is 0 Å². The topological polar surface area (TPSA) is 73.9 Å². The molecule has 1 atom stereocenters. The molecule has 0 unspecified atom stereocenters. The van der Waals surface area contributed by atoms with Gasteiger partial charge in [0.1, 0.15) is 18.6 Å². The number of amides is 1. The van der Waals surface area contributed by atoms with Crippen molar-refractivity contribution in [3.05, 3.63) is 96.1 Å². The molecule has 6 nitrogen and oxygen atoms in total. The van der Waals surface area contributed by atoms with Crippen molar-refractivity contribution in [1.82, 2.24) is 5.32 Å². The van der Waals surface area contributed by atoms with Crippen LogP contribution in [0.25, 0.3) is 0 Å². The number of nitrogens with one attached hydrogen (secondary N) is 1. The third-order valence-electron chi connectivity index (χ3n) is 4.94. The molecule has 0 aromatic heterocycles. The maximum Gasteiger partial charge on any atom is 0.318 e. The van der Waals surface area contributed by atoms with Crippen LogP contribution in [0.1, 0.15) is 17.0 Å². The number of fused-ring (bicyclic) bond motifs is 1. The Kier molecular flexibility index (Phi) is 6.47. The number of carbonyl (C=O) groups excluding carboxylic acids is 2. The van der Waals surface area contributed by atoms with Gasteiger partial charge in [0.05, 0.1) is 6.54 Å². The van der Waals surface area contributed by atoms with Crippen molar-refractivity contribution in [2.75, 3.05) is 19.8 Å². The molecule has 1 aliphatic rings. The molecule has 0 aliphatic carbocycles. The van der Waals surface area contributed by atoms with Crippen LogP contribution in [-0.2, 0) is 14.3 Å². The molecule has 1 aliphatic heterocycles. The summed E-state index contributed by atoms with van der Waals surface area (Å²) >= 11 is 0. The summed E-state index contributed by atoms with van der Waals surface area (Å²) in [7, 11) is 0. The number of benzene rings is 3. The minimum Gasteiger partial charge on any atom is -0.486 e. The van der Waals surface area contributed by atoms with Gasteiger partial charge in [-0.2, -0.15) is 0 Å². The Morgan fingerprint density at radius 1 is 0.871 bits per heavy atom. The molecule has 0 radical (unpaired) electrons. The van der Waals surface area contributed by atoms with Crippen LogP contribution in [0, 0.1) is 0 Å². The quantitative estimate of drug-likeness (QED) is 0.597. The van der Waals surface area contributed by atoms with Gasteiger partial charge in [0.25, 0.3) is 5.91 Å².